The first-order valence-electron chi connectivity index (χ1n) is 7.81. The van der Waals surface area contributed by atoms with Crippen molar-refractivity contribution in [3.8, 4) is 16.3 Å². The summed E-state index contributed by atoms with van der Waals surface area (Å²) in [4.78, 5) is 13.0. The maximum absolute atomic E-state index is 11.9. The van der Waals surface area contributed by atoms with Crippen LogP contribution in [0.4, 0.5) is 0 Å². The van der Waals surface area contributed by atoms with E-state index in [4.69, 9.17) is 5.10 Å². The van der Waals surface area contributed by atoms with E-state index in [0.717, 1.165) is 21.8 Å². The van der Waals surface area contributed by atoms with Crippen LogP contribution < -0.4 is 5.32 Å². The normalized spacial score (nSPS) is 11.3. The number of aromatic nitrogens is 2. The monoisotopic (exact) mass is 337 g/mol. The van der Waals surface area contributed by atoms with Gasteiger partial charge in [0.25, 0.3) is 0 Å². The van der Waals surface area contributed by atoms with Crippen molar-refractivity contribution in [2.24, 2.45) is 0 Å². The number of hydrogen-bond donors (Lipinski definition) is 1. The van der Waals surface area contributed by atoms with E-state index in [1.165, 1.54) is 0 Å². The first-order valence-corrected chi connectivity index (χ1v) is 8.69. The number of rotatable bonds is 5. The molecule has 0 saturated heterocycles. The molecule has 24 heavy (non-hydrogen) atoms. The third kappa shape index (κ3) is 3.81. The molecule has 0 saturated carbocycles. The minimum absolute atomic E-state index is 0.102. The van der Waals surface area contributed by atoms with Crippen LogP contribution in [0, 0.1) is 0 Å². The summed E-state index contributed by atoms with van der Waals surface area (Å²) >= 11 is 1.63. The number of para-hydroxylation sites is 1. The highest BCUT2D eigenvalue weighted by atomic mass is 32.1. The lowest BCUT2D eigenvalue weighted by Gasteiger charge is -2.03. The number of benzene rings is 1. The first-order chi connectivity index (χ1) is 11.6. The SMILES string of the molecule is CC(C)NC(=O)/C=C/c1cn(-c2ccccc2)nc1-c1cccs1. The lowest BCUT2D eigenvalue weighted by Crippen LogP contribution is -2.28. The molecule has 0 bridgehead atoms. The van der Waals surface area contributed by atoms with Gasteiger partial charge in [-0.15, -0.1) is 11.3 Å². The van der Waals surface area contributed by atoms with Crippen molar-refractivity contribution in [2.45, 2.75) is 19.9 Å². The Labute approximate surface area is 145 Å². The lowest BCUT2D eigenvalue weighted by molar-refractivity contribution is -0.116. The smallest absolute Gasteiger partial charge is 0.244 e. The molecular formula is C19H19N3OS. The van der Waals surface area contributed by atoms with Crippen LogP contribution in [0.25, 0.3) is 22.3 Å². The molecule has 2 aromatic heterocycles. The molecule has 0 atom stereocenters. The van der Waals surface area contributed by atoms with Crippen molar-refractivity contribution in [3.05, 3.63) is 65.7 Å². The maximum atomic E-state index is 11.9. The Kier molecular flexibility index (Phi) is 4.91. The summed E-state index contributed by atoms with van der Waals surface area (Å²) < 4.78 is 1.84. The van der Waals surface area contributed by atoms with Crippen LogP contribution in [0.2, 0.25) is 0 Å². The van der Waals surface area contributed by atoms with E-state index >= 15 is 0 Å². The summed E-state index contributed by atoms with van der Waals surface area (Å²) in [6, 6.07) is 14.1. The number of nitrogens with one attached hydrogen (secondary N) is 1. The van der Waals surface area contributed by atoms with Gasteiger partial charge in [0.15, 0.2) is 0 Å². The molecule has 2 heterocycles. The molecule has 4 nitrogen and oxygen atoms in total. The van der Waals surface area contributed by atoms with Gasteiger partial charge < -0.3 is 5.32 Å². The Bertz CT molecular complexity index is 833. The molecule has 1 aromatic carbocycles. The fourth-order valence-electron chi connectivity index (χ4n) is 2.33. The number of thiophene rings is 1. The first kappa shape index (κ1) is 16.2. The van der Waals surface area contributed by atoms with Gasteiger partial charge in [0.2, 0.25) is 5.91 Å². The highest BCUT2D eigenvalue weighted by Gasteiger charge is 2.11. The van der Waals surface area contributed by atoms with Crippen molar-refractivity contribution in [1.29, 1.82) is 0 Å². The molecule has 0 aliphatic rings. The zero-order valence-corrected chi connectivity index (χ0v) is 14.5. The summed E-state index contributed by atoms with van der Waals surface area (Å²) in [5.41, 5.74) is 2.78. The number of carbonyl (C=O) groups is 1. The molecule has 0 aliphatic heterocycles. The predicted molar refractivity (Wildman–Crippen MR) is 99.2 cm³/mol. The van der Waals surface area contributed by atoms with Crippen LogP contribution in [0.5, 0.6) is 0 Å². The number of carbonyl (C=O) groups excluding carboxylic acids is 1. The van der Waals surface area contributed by atoms with E-state index in [1.54, 1.807) is 17.4 Å². The molecule has 1 amide bonds. The zero-order valence-electron chi connectivity index (χ0n) is 13.6. The summed E-state index contributed by atoms with van der Waals surface area (Å²) in [6.45, 7) is 3.88. The van der Waals surface area contributed by atoms with E-state index in [-0.39, 0.29) is 11.9 Å². The molecule has 3 aromatic rings. The molecule has 3 rings (SSSR count). The second kappa shape index (κ2) is 7.27. The van der Waals surface area contributed by atoms with E-state index in [2.05, 4.69) is 5.32 Å². The topological polar surface area (TPSA) is 46.9 Å². The van der Waals surface area contributed by atoms with Gasteiger partial charge in [0, 0.05) is 23.9 Å². The van der Waals surface area contributed by atoms with Crippen molar-refractivity contribution in [3.63, 3.8) is 0 Å². The summed E-state index contributed by atoms with van der Waals surface area (Å²) in [6.07, 6.45) is 5.33. The third-order valence-corrected chi connectivity index (χ3v) is 4.24. The Morgan fingerprint density at radius 1 is 1.21 bits per heavy atom. The Morgan fingerprint density at radius 3 is 2.67 bits per heavy atom. The van der Waals surface area contributed by atoms with Crippen LogP contribution in [-0.4, -0.2) is 21.7 Å². The Balaban J connectivity index is 1.96. The molecule has 5 heteroatoms. The van der Waals surface area contributed by atoms with Gasteiger partial charge in [0.05, 0.1) is 10.6 Å². The third-order valence-electron chi connectivity index (χ3n) is 3.36. The summed E-state index contributed by atoms with van der Waals surface area (Å²) in [5.74, 6) is -0.102. The molecular weight excluding hydrogens is 318 g/mol. The second-order valence-corrected chi connectivity index (χ2v) is 6.63. The largest absolute Gasteiger partial charge is 0.350 e. The highest BCUT2D eigenvalue weighted by molar-refractivity contribution is 7.13. The van der Waals surface area contributed by atoms with Gasteiger partial charge in [-0.05, 0) is 43.5 Å². The highest BCUT2D eigenvalue weighted by Crippen LogP contribution is 2.28. The van der Waals surface area contributed by atoms with Gasteiger partial charge in [-0.1, -0.05) is 24.3 Å². The Morgan fingerprint density at radius 2 is 2.00 bits per heavy atom. The van der Waals surface area contributed by atoms with Crippen molar-refractivity contribution in [2.75, 3.05) is 0 Å². The van der Waals surface area contributed by atoms with Gasteiger partial charge in [-0.3, -0.25) is 4.79 Å². The second-order valence-electron chi connectivity index (χ2n) is 5.69. The number of nitrogens with zero attached hydrogens (tertiary/aromatic N) is 2. The number of amides is 1. The maximum Gasteiger partial charge on any atom is 0.244 e. The fraction of sp³-hybridized carbons (Fsp3) is 0.158. The molecule has 0 unspecified atom stereocenters. The zero-order chi connectivity index (χ0) is 16.9. The van der Waals surface area contributed by atoms with Gasteiger partial charge in [-0.25, -0.2) is 4.68 Å². The van der Waals surface area contributed by atoms with Crippen LogP contribution in [0.1, 0.15) is 19.4 Å². The molecule has 0 fully saturated rings. The van der Waals surface area contributed by atoms with E-state index in [0.29, 0.717) is 0 Å². The van der Waals surface area contributed by atoms with Gasteiger partial charge in [-0.2, -0.15) is 5.10 Å². The lowest BCUT2D eigenvalue weighted by atomic mass is 10.2. The average Bonchev–Trinajstić information content (AvgIpc) is 3.22. The average molecular weight is 337 g/mol. The molecule has 0 aliphatic carbocycles. The quantitative estimate of drug-likeness (QED) is 0.711. The van der Waals surface area contributed by atoms with E-state index < -0.39 is 0 Å². The molecule has 1 N–H and O–H groups in total. The Hall–Kier alpha value is -2.66. The van der Waals surface area contributed by atoms with Gasteiger partial charge in [0.1, 0.15) is 5.69 Å². The number of hydrogen-bond acceptors (Lipinski definition) is 3. The molecule has 0 radical (unpaired) electrons. The van der Waals surface area contributed by atoms with Crippen molar-refractivity contribution in [1.82, 2.24) is 15.1 Å². The van der Waals surface area contributed by atoms with Crippen molar-refractivity contribution >= 4 is 23.3 Å². The van der Waals surface area contributed by atoms with Crippen LogP contribution in [-0.2, 0) is 4.79 Å². The standard InChI is InChI=1S/C19H19N3OS/c1-14(2)20-18(23)11-10-15-13-22(16-7-4-3-5-8-16)21-19(15)17-9-6-12-24-17/h3-14H,1-2H3,(H,20,23)/b11-10+. The summed E-state index contributed by atoms with van der Waals surface area (Å²) in [7, 11) is 0. The minimum Gasteiger partial charge on any atom is -0.350 e. The van der Waals surface area contributed by atoms with Crippen LogP contribution in [0.3, 0.4) is 0 Å². The van der Waals surface area contributed by atoms with Crippen LogP contribution >= 0.6 is 11.3 Å². The van der Waals surface area contributed by atoms with Crippen LogP contribution in [0.15, 0.2) is 60.1 Å². The van der Waals surface area contributed by atoms with E-state index in [1.807, 2.05) is 78.6 Å². The predicted octanol–water partition coefficient (Wildman–Crippen LogP) is 4.14. The minimum atomic E-state index is -0.102. The van der Waals surface area contributed by atoms with E-state index in [9.17, 15) is 4.79 Å². The molecule has 0 spiro atoms. The van der Waals surface area contributed by atoms with Gasteiger partial charge >= 0.3 is 0 Å². The summed E-state index contributed by atoms with van der Waals surface area (Å²) in [5, 5.41) is 9.58. The molecule has 122 valence electrons. The van der Waals surface area contributed by atoms with Crippen molar-refractivity contribution < 1.29 is 4.79 Å². The fourth-order valence-corrected chi connectivity index (χ4v) is 3.06.